The largest absolute Gasteiger partial charge is 0.465 e. The summed E-state index contributed by atoms with van der Waals surface area (Å²) < 4.78 is 4.58. The van der Waals surface area contributed by atoms with Crippen molar-refractivity contribution in [3.8, 4) is 0 Å². The second-order valence-corrected chi connectivity index (χ2v) is 4.09. The van der Waals surface area contributed by atoms with Crippen LogP contribution in [-0.2, 0) is 4.74 Å². The van der Waals surface area contributed by atoms with Gasteiger partial charge in [-0.05, 0) is 29.9 Å². The van der Waals surface area contributed by atoms with Crippen molar-refractivity contribution in [1.82, 2.24) is 0 Å². The maximum atomic E-state index is 11.3. The zero-order chi connectivity index (χ0) is 12.8. The minimum absolute atomic E-state index is 0.349. The van der Waals surface area contributed by atoms with Gasteiger partial charge in [-0.25, -0.2) is 4.79 Å². The molecule has 17 heavy (non-hydrogen) atoms. The van der Waals surface area contributed by atoms with Crippen LogP contribution in [0.3, 0.4) is 0 Å². The van der Waals surface area contributed by atoms with Crippen LogP contribution in [0.1, 0.15) is 28.4 Å². The summed E-state index contributed by atoms with van der Waals surface area (Å²) in [6.07, 6.45) is -1.53. The summed E-state index contributed by atoms with van der Waals surface area (Å²) >= 11 is 3.99. The highest BCUT2D eigenvalue weighted by Crippen LogP contribution is 2.20. The Morgan fingerprint density at radius 3 is 2.76 bits per heavy atom. The van der Waals surface area contributed by atoms with Crippen molar-refractivity contribution in [2.45, 2.75) is 18.6 Å². The Hall–Kier alpha value is -1.04. The van der Waals surface area contributed by atoms with Gasteiger partial charge in [0.05, 0.1) is 18.8 Å². The van der Waals surface area contributed by atoms with Crippen molar-refractivity contribution >= 4 is 18.6 Å². The quantitative estimate of drug-likeness (QED) is 0.547. The monoisotopic (exact) mass is 256 g/mol. The van der Waals surface area contributed by atoms with Crippen molar-refractivity contribution in [3.05, 3.63) is 35.4 Å². The molecule has 0 aliphatic heterocycles. The zero-order valence-electron chi connectivity index (χ0n) is 9.54. The first-order valence-corrected chi connectivity index (χ1v) is 5.88. The van der Waals surface area contributed by atoms with Gasteiger partial charge >= 0.3 is 5.97 Å². The number of thiol groups is 1. The Balaban J connectivity index is 2.87. The molecule has 0 heterocycles. The molecule has 0 amide bonds. The maximum absolute atomic E-state index is 11.3. The van der Waals surface area contributed by atoms with E-state index in [1.165, 1.54) is 13.2 Å². The Morgan fingerprint density at radius 1 is 1.47 bits per heavy atom. The summed E-state index contributed by atoms with van der Waals surface area (Å²) in [6, 6.07) is 6.39. The minimum atomic E-state index is -1.02. The molecule has 0 saturated carbocycles. The van der Waals surface area contributed by atoms with Gasteiger partial charge in [0.15, 0.2) is 0 Å². The number of rotatable bonds is 5. The summed E-state index contributed by atoms with van der Waals surface area (Å²) in [7, 11) is 1.29. The van der Waals surface area contributed by atoms with E-state index in [4.69, 9.17) is 0 Å². The molecule has 5 heteroatoms. The lowest BCUT2D eigenvalue weighted by Gasteiger charge is -2.17. The smallest absolute Gasteiger partial charge is 0.337 e. The van der Waals surface area contributed by atoms with Crippen LogP contribution in [0.4, 0.5) is 0 Å². The second kappa shape index (κ2) is 6.64. The van der Waals surface area contributed by atoms with E-state index in [1.54, 1.807) is 18.2 Å². The number of hydrogen-bond donors (Lipinski definition) is 3. The van der Waals surface area contributed by atoms with E-state index in [0.717, 1.165) is 0 Å². The molecule has 0 aromatic heterocycles. The Labute approximate surface area is 106 Å². The minimum Gasteiger partial charge on any atom is -0.465 e. The third-order valence-corrected chi connectivity index (χ3v) is 2.70. The topological polar surface area (TPSA) is 66.8 Å². The third-order valence-electron chi connectivity index (χ3n) is 2.44. The van der Waals surface area contributed by atoms with Gasteiger partial charge in [-0.3, -0.25) is 0 Å². The van der Waals surface area contributed by atoms with Gasteiger partial charge in [0.25, 0.3) is 0 Å². The Morgan fingerprint density at radius 2 is 2.18 bits per heavy atom. The first kappa shape index (κ1) is 14.0. The summed E-state index contributed by atoms with van der Waals surface area (Å²) in [4.78, 5) is 11.3. The molecule has 4 nitrogen and oxygen atoms in total. The number of ether oxygens (including phenoxy) is 1. The number of aliphatic hydroxyl groups excluding tert-OH is 2. The molecular formula is C12H16O4S. The molecule has 0 aliphatic rings. The van der Waals surface area contributed by atoms with Crippen LogP contribution in [0.25, 0.3) is 0 Å². The second-order valence-electron chi connectivity index (χ2n) is 3.64. The number of aliphatic hydroxyl groups is 2. The van der Waals surface area contributed by atoms with Crippen molar-refractivity contribution in [2.75, 3.05) is 12.9 Å². The molecule has 2 atom stereocenters. The SMILES string of the molecule is COC(=O)c1cccc(C(O)C(O)CCS)c1. The Kier molecular flexibility index (Phi) is 5.47. The molecule has 0 radical (unpaired) electrons. The highest BCUT2D eigenvalue weighted by Gasteiger charge is 2.18. The normalized spacial score (nSPS) is 14.1. The lowest BCUT2D eigenvalue weighted by atomic mass is 10.0. The van der Waals surface area contributed by atoms with E-state index in [-0.39, 0.29) is 0 Å². The number of carbonyl (C=O) groups is 1. The molecule has 94 valence electrons. The molecule has 1 aromatic carbocycles. The lowest BCUT2D eigenvalue weighted by molar-refractivity contribution is 0.0171. The standard InChI is InChI=1S/C12H16O4S/c1-16-12(15)9-4-2-3-8(7-9)11(14)10(13)5-6-17/h2-4,7,10-11,13-14,17H,5-6H2,1H3. The van der Waals surface area contributed by atoms with Gasteiger partial charge < -0.3 is 14.9 Å². The van der Waals surface area contributed by atoms with Crippen molar-refractivity contribution in [3.63, 3.8) is 0 Å². The van der Waals surface area contributed by atoms with Crippen LogP contribution in [0.5, 0.6) is 0 Å². The van der Waals surface area contributed by atoms with Crippen LogP contribution in [0, 0.1) is 0 Å². The van der Waals surface area contributed by atoms with Crippen molar-refractivity contribution in [1.29, 1.82) is 0 Å². The number of hydrogen-bond acceptors (Lipinski definition) is 5. The van der Waals surface area contributed by atoms with Gasteiger partial charge in [-0.15, -0.1) is 0 Å². The van der Waals surface area contributed by atoms with Gasteiger partial charge in [0, 0.05) is 0 Å². The van der Waals surface area contributed by atoms with E-state index in [1.807, 2.05) is 0 Å². The van der Waals surface area contributed by atoms with Gasteiger partial charge in [0.2, 0.25) is 0 Å². The molecule has 0 aliphatic carbocycles. The fourth-order valence-corrected chi connectivity index (χ4v) is 1.74. The fraction of sp³-hybridized carbons (Fsp3) is 0.417. The van der Waals surface area contributed by atoms with Crippen LogP contribution in [0.2, 0.25) is 0 Å². The molecule has 1 aromatic rings. The van der Waals surface area contributed by atoms with E-state index in [2.05, 4.69) is 17.4 Å². The predicted molar refractivity (Wildman–Crippen MR) is 67.2 cm³/mol. The Bertz CT molecular complexity index is 381. The van der Waals surface area contributed by atoms with E-state index in [0.29, 0.717) is 23.3 Å². The average Bonchev–Trinajstić information content (AvgIpc) is 2.37. The zero-order valence-corrected chi connectivity index (χ0v) is 10.4. The maximum Gasteiger partial charge on any atom is 0.337 e. The van der Waals surface area contributed by atoms with Crippen LogP contribution < -0.4 is 0 Å². The van der Waals surface area contributed by atoms with Gasteiger partial charge in [-0.2, -0.15) is 12.6 Å². The van der Waals surface area contributed by atoms with E-state index in [9.17, 15) is 15.0 Å². The highest BCUT2D eigenvalue weighted by molar-refractivity contribution is 7.80. The van der Waals surface area contributed by atoms with Crippen LogP contribution >= 0.6 is 12.6 Å². The molecule has 0 spiro atoms. The number of methoxy groups -OCH3 is 1. The summed E-state index contributed by atoms with van der Waals surface area (Å²) in [5, 5.41) is 19.5. The average molecular weight is 256 g/mol. The third kappa shape index (κ3) is 3.73. The molecule has 0 fully saturated rings. The number of benzene rings is 1. The van der Waals surface area contributed by atoms with Gasteiger partial charge in [0.1, 0.15) is 6.10 Å². The first-order chi connectivity index (χ1) is 8.10. The number of esters is 1. The molecule has 2 unspecified atom stereocenters. The fourth-order valence-electron chi connectivity index (χ4n) is 1.48. The van der Waals surface area contributed by atoms with E-state index >= 15 is 0 Å². The molecule has 2 N–H and O–H groups in total. The molecule has 0 saturated heterocycles. The molecule has 0 bridgehead atoms. The lowest BCUT2D eigenvalue weighted by Crippen LogP contribution is -2.19. The van der Waals surface area contributed by atoms with Crippen molar-refractivity contribution in [2.24, 2.45) is 0 Å². The summed E-state index contributed by atoms with van der Waals surface area (Å²) in [6.45, 7) is 0. The van der Waals surface area contributed by atoms with Gasteiger partial charge in [-0.1, -0.05) is 12.1 Å². The predicted octanol–water partition coefficient (Wildman–Crippen LogP) is 1.19. The van der Waals surface area contributed by atoms with Crippen LogP contribution in [0.15, 0.2) is 24.3 Å². The highest BCUT2D eigenvalue weighted by atomic mass is 32.1. The van der Waals surface area contributed by atoms with Crippen LogP contribution in [-0.4, -0.2) is 35.1 Å². The van der Waals surface area contributed by atoms with E-state index < -0.39 is 18.2 Å². The summed E-state index contributed by atoms with van der Waals surface area (Å²) in [5.74, 6) is 0.0114. The first-order valence-electron chi connectivity index (χ1n) is 5.25. The number of carbonyl (C=O) groups excluding carboxylic acids is 1. The molecular weight excluding hydrogens is 240 g/mol. The summed E-state index contributed by atoms with van der Waals surface area (Å²) in [5.41, 5.74) is 0.837. The molecule has 1 rings (SSSR count). The van der Waals surface area contributed by atoms with Crippen molar-refractivity contribution < 1.29 is 19.7 Å².